The summed E-state index contributed by atoms with van der Waals surface area (Å²) in [5.74, 6) is 0.833. The summed E-state index contributed by atoms with van der Waals surface area (Å²) in [6.07, 6.45) is 1.71. The van der Waals surface area contributed by atoms with E-state index in [2.05, 4.69) is 5.32 Å². The number of hydrogen-bond donors (Lipinski definition) is 2. The molecule has 1 saturated carbocycles. The maximum Gasteiger partial charge on any atom is 0.141 e. The molecule has 1 aliphatic rings. The monoisotopic (exact) mass is 207 g/mol. The smallest absolute Gasteiger partial charge is 0.141 e. The predicted octanol–water partition coefficient (Wildman–Crippen LogP) is 1.94. The first kappa shape index (κ1) is 10.3. The molecule has 0 radical (unpaired) electrons. The number of benzene rings is 1. The standard InChI is InChI=1S/C12H17NO2/c1-8-3-6-12(15-2)10(7-8)13-9-4-5-11(9)14/h3,6-7,9,11,13-14H,4-5H2,1-2H3/t9-,11-/m1/s1. The van der Waals surface area contributed by atoms with Crippen molar-refractivity contribution in [2.75, 3.05) is 12.4 Å². The average Bonchev–Trinajstić information content (AvgIpc) is 2.24. The average molecular weight is 207 g/mol. The van der Waals surface area contributed by atoms with E-state index in [1.807, 2.05) is 25.1 Å². The fraction of sp³-hybridized carbons (Fsp3) is 0.500. The summed E-state index contributed by atoms with van der Waals surface area (Å²) in [5, 5.41) is 12.8. The number of aliphatic hydroxyl groups excluding tert-OH is 1. The van der Waals surface area contributed by atoms with Crippen LogP contribution in [0.5, 0.6) is 5.75 Å². The van der Waals surface area contributed by atoms with Crippen molar-refractivity contribution in [2.45, 2.75) is 31.9 Å². The highest BCUT2D eigenvalue weighted by Crippen LogP contribution is 2.30. The van der Waals surface area contributed by atoms with Gasteiger partial charge in [-0.1, -0.05) is 6.07 Å². The zero-order valence-corrected chi connectivity index (χ0v) is 9.16. The van der Waals surface area contributed by atoms with E-state index in [0.717, 1.165) is 24.3 Å². The van der Waals surface area contributed by atoms with Crippen molar-refractivity contribution in [1.82, 2.24) is 0 Å². The molecule has 1 fully saturated rings. The molecule has 2 rings (SSSR count). The molecular formula is C12H17NO2. The third kappa shape index (κ3) is 2.07. The summed E-state index contributed by atoms with van der Waals surface area (Å²) in [5.41, 5.74) is 2.16. The van der Waals surface area contributed by atoms with Crippen molar-refractivity contribution in [3.63, 3.8) is 0 Å². The quantitative estimate of drug-likeness (QED) is 0.796. The number of aliphatic hydroxyl groups is 1. The summed E-state index contributed by atoms with van der Waals surface area (Å²) >= 11 is 0. The molecule has 0 spiro atoms. The van der Waals surface area contributed by atoms with E-state index in [1.165, 1.54) is 5.56 Å². The third-order valence-electron chi connectivity index (χ3n) is 2.93. The number of hydrogen-bond acceptors (Lipinski definition) is 3. The fourth-order valence-electron chi connectivity index (χ4n) is 1.79. The second kappa shape index (κ2) is 4.11. The Hall–Kier alpha value is -1.22. The van der Waals surface area contributed by atoms with Gasteiger partial charge in [0.2, 0.25) is 0 Å². The second-order valence-corrected chi connectivity index (χ2v) is 4.10. The van der Waals surface area contributed by atoms with Crippen LogP contribution in [0, 0.1) is 6.92 Å². The van der Waals surface area contributed by atoms with E-state index in [0.29, 0.717) is 0 Å². The van der Waals surface area contributed by atoms with Crippen LogP contribution in [0.3, 0.4) is 0 Å². The molecule has 0 amide bonds. The van der Waals surface area contributed by atoms with Gasteiger partial charge in [-0.15, -0.1) is 0 Å². The number of rotatable bonds is 3. The summed E-state index contributed by atoms with van der Waals surface area (Å²) < 4.78 is 5.26. The highest BCUT2D eigenvalue weighted by atomic mass is 16.5. The molecule has 1 aliphatic carbocycles. The van der Waals surface area contributed by atoms with E-state index in [9.17, 15) is 5.11 Å². The summed E-state index contributed by atoms with van der Waals surface area (Å²) in [4.78, 5) is 0. The van der Waals surface area contributed by atoms with Crippen LogP contribution in [-0.4, -0.2) is 24.4 Å². The zero-order chi connectivity index (χ0) is 10.8. The van der Waals surface area contributed by atoms with Crippen molar-refractivity contribution >= 4 is 5.69 Å². The molecule has 2 atom stereocenters. The maximum absolute atomic E-state index is 9.50. The minimum atomic E-state index is -0.213. The lowest BCUT2D eigenvalue weighted by Gasteiger charge is -2.34. The Morgan fingerprint density at radius 1 is 1.40 bits per heavy atom. The van der Waals surface area contributed by atoms with Crippen LogP contribution in [0.15, 0.2) is 18.2 Å². The SMILES string of the molecule is COc1ccc(C)cc1N[C@@H]1CC[C@H]1O. The molecule has 3 heteroatoms. The van der Waals surface area contributed by atoms with Crippen LogP contribution < -0.4 is 10.1 Å². The topological polar surface area (TPSA) is 41.5 Å². The van der Waals surface area contributed by atoms with Gasteiger partial charge < -0.3 is 15.2 Å². The fourth-order valence-corrected chi connectivity index (χ4v) is 1.79. The Morgan fingerprint density at radius 3 is 2.73 bits per heavy atom. The number of aryl methyl sites for hydroxylation is 1. The van der Waals surface area contributed by atoms with Crippen molar-refractivity contribution < 1.29 is 9.84 Å². The lowest BCUT2D eigenvalue weighted by molar-refractivity contribution is 0.0785. The molecular weight excluding hydrogens is 190 g/mol. The Morgan fingerprint density at radius 2 is 2.20 bits per heavy atom. The first-order valence-electron chi connectivity index (χ1n) is 5.30. The second-order valence-electron chi connectivity index (χ2n) is 4.10. The van der Waals surface area contributed by atoms with Crippen LogP contribution >= 0.6 is 0 Å². The molecule has 0 saturated heterocycles. The van der Waals surface area contributed by atoms with Gasteiger partial charge >= 0.3 is 0 Å². The first-order chi connectivity index (χ1) is 7.20. The number of anilines is 1. The molecule has 82 valence electrons. The van der Waals surface area contributed by atoms with Crippen LogP contribution in [0.1, 0.15) is 18.4 Å². The minimum absolute atomic E-state index is 0.181. The van der Waals surface area contributed by atoms with Gasteiger partial charge in [-0.3, -0.25) is 0 Å². The van der Waals surface area contributed by atoms with E-state index in [1.54, 1.807) is 7.11 Å². The van der Waals surface area contributed by atoms with Crippen molar-refractivity contribution in [3.8, 4) is 5.75 Å². The van der Waals surface area contributed by atoms with Gasteiger partial charge in [-0.2, -0.15) is 0 Å². The zero-order valence-electron chi connectivity index (χ0n) is 9.16. The van der Waals surface area contributed by atoms with E-state index >= 15 is 0 Å². The lowest BCUT2D eigenvalue weighted by Crippen LogP contribution is -2.42. The summed E-state index contributed by atoms with van der Waals surface area (Å²) in [6.45, 7) is 2.04. The summed E-state index contributed by atoms with van der Waals surface area (Å²) in [6, 6.07) is 6.19. The number of nitrogens with one attached hydrogen (secondary N) is 1. The van der Waals surface area contributed by atoms with Gasteiger partial charge in [0.25, 0.3) is 0 Å². The van der Waals surface area contributed by atoms with Gasteiger partial charge in [0.1, 0.15) is 5.75 Å². The Bertz CT molecular complexity index is 351. The van der Waals surface area contributed by atoms with Crippen molar-refractivity contribution in [1.29, 1.82) is 0 Å². The van der Waals surface area contributed by atoms with Gasteiger partial charge in [0.05, 0.1) is 24.9 Å². The van der Waals surface area contributed by atoms with Crippen molar-refractivity contribution in [3.05, 3.63) is 23.8 Å². The van der Waals surface area contributed by atoms with Gasteiger partial charge in [0, 0.05) is 0 Å². The molecule has 1 aromatic rings. The molecule has 1 aromatic carbocycles. The van der Waals surface area contributed by atoms with E-state index in [4.69, 9.17) is 4.74 Å². The van der Waals surface area contributed by atoms with Gasteiger partial charge in [-0.25, -0.2) is 0 Å². The van der Waals surface area contributed by atoms with Crippen LogP contribution in [0.25, 0.3) is 0 Å². The Kier molecular flexibility index (Phi) is 2.82. The summed E-state index contributed by atoms with van der Waals surface area (Å²) in [7, 11) is 1.66. The van der Waals surface area contributed by atoms with E-state index in [-0.39, 0.29) is 12.1 Å². The Balaban J connectivity index is 2.14. The van der Waals surface area contributed by atoms with Crippen LogP contribution in [0.4, 0.5) is 5.69 Å². The predicted molar refractivity (Wildman–Crippen MR) is 60.4 cm³/mol. The van der Waals surface area contributed by atoms with Gasteiger partial charge in [0.15, 0.2) is 0 Å². The lowest BCUT2D eigenvalue weighted by atomic mass is 9.89. The highest BCUT2D eigenvalue weighted by Gasteiger charge is 2.29. The molecule has 0 aromatic heterocycles. The molecule has 3 nitrogen and oxygen atoms in total. The highest BCUT2D eigenvalue weighted by molar-refractivity contribution is 5.58. The van der Waals surface area contributed by atoms with Crippen LogP contribution in [-0.2, 0) is 0 Å². The Labute approximate surface area is 90.1 Å². The normalized spacial score (nSPS) is 24.5. The molecule has 0 bridgehead atoms. The molecule has 2 N–H and O–H groups in total. The van der Waals surface area contributed by atoms with Gasteiger partial charge in [-0.05, 0) is 37.5 Å². The van der Waals surface area contributed by atoms with E-state index < -0.39 is 0 Å². The first-order valence-corrected chi connectivity index (χ1v) is 5.30. The maximum atomic E-state index is 9.50. The van der Waals surface area contributed by atoms with Crippen molar-refractivity contribution in [2.24, 2.45) is 0 Å². The third-order valence-corrected chi connectivity index (χ3v) is 2.93. The molecule has 0 aliphatic heterocycles. The minimum Gasteiger partial charge on any atom is -0.495 e. The number of methoxy groups -OCH3 is 1. The number of ether oxygens (including phenoxy) is 1. The molecule has 0 unspecified atom stereocenters. The molecule has 0 heterocycles. The molecule has 15 heavy (non-hydrogen) atoms. The van der Waals surface area contributed by atoms with Crippen LogP contribution in [0.2, 0.25) is 0 Å². The largest absolute Gasteiger partial charge is 0.495 e.